The van der Waals surface area contributed by atoms with Gasteiger partial charge in [0.1, 0.15) is 6.04 Å². The van der Waals surface area contributed by atoms with Crippen molar-refractivity contribution in [3.8, 4) is 0 Å². The number of likely N-dealkylation sites (N-methyl/N-ethyl adjacent to an activating group) is 1. The maximum Gasteiger partial charge on any atom is 0.242 e. The molecule has 0 aliphatic carbocycles. The Balaban J connectivity index is 2.14. The monoisotopic (exact) mass is 424 g/mol. The Morgan fingerprint density at radius 3 is 2.41 bits per heavy atom. The van der Waals surface area contributed by atoms with E-state index < -0.39 is 6.04 Å². The van der Waals surface area contributed by atoms with Gasteiger partial charge in [-0.05, 0) is 49.7 Å². The van der Waals surface area contributed by atoms with E-state index in [1.54, 1.807) is 30.0 Å². The number of rotatable bonds is 8. The lowest BCUT2D eigenvalue weighted by Gasteiger charge is -2.29. The first-order valence-corrected chi connectivity index (χ1v) is 10.4. The van der Waals surface area contributed by atoms with E-state index in [4.69, 9.17) is 23.2 Å². The number of benzene rings is 2. The first-order chi connectivity index (χ1) is 12.9. The smallest absolute Gasteiger partial charge is 0.242 e. The van der Waals surface area contributed by atoms with Crippen LogP contribution in [-0.2, 0) is 16.1 Å². The van der Waals surface area contributed by atoms with Gasteiger partial charge in [-0.25, -0.2) is 0 Å². The molecule has 7 heteroatoms. The molecule has 27 heavy (non-hydrogen) atoms. The van der Waals surface area contributed by atoms with Crippen molar-refractivity contribution in [3.63, 3.8) is 0 Å². The molecule has 1 atom stereocenters. The average Bonchev–Trinajstić information content (AvgIpc) is 2.66. The van der Waals surface area contributed by atoms with Crippen LogP contribution in [0.3, 0.4) is 0 Å². The minimum atomic E-state index is -0.598. The van der Waals surface area contributed by atoms with E-state index in [1.165, 1.54) is 11.8 Å². The number of hydrogen-bond acceptors (Lipinski definition) is 3. The maximum absolute atomic E-state index is 12.9. The molecule has 0 aliphatic rings. The third kappa shape index (κ3) is 6.45. The molecule has 0 saturated heterocycles. The van der Waals surface area contributed by atoms with Crippen molar-refractivity contribution < 1.29 is 9.59 Å². The Kier molecular flexibility index (Phi) is 8.48. The lowest BCUT2D eigenvalue weighted by molar-refractivity contribution is -0.138. The van der Waals surface area contributed by atoms with Gasteiger partial charge in [0.25, 0.3) is 0 Å². The molecule has 0 unspecified atom stereocenters. The Bertz CT molecular complexity index is 784. The molecule has 0 heterocycles. The van der Waals surface area contributed by atoms with Crippen LogP contribution in [0.1, 0.15) is 19.4 Å². The molecule has 0 aromatic heterocycles. The topological polar surface area (TPSA) is 49.4 Å². The van der Waals surface area contributed by atoms with Crippen molar-refractivity contribution in [1.29, 1.82) is 0 Å². The van der Waals surface area contributed by atoms with Crippen LogP contribution >= 0.6 is 35.0 Å². The summed E-state index contributed by atoms with van der Waals surface area (Å²) in [5, 5.41) is 4.00. The van der Waals surface area contributed by atoms with Gasteiger partial charge in [-0.2, -0.15) is 0 Å². The van der Waals surface area contributed by atoms with Crippen LogP contribution in [-0.4, -0.2) is 35.1 Å². The number of nitrogens with one attached hydrogen (secondary N) is 1. The summed E-state index contributed by atoms with van der Waals surface area (Å²) in [6, 6.07) is 14.0. The third-order valence-corrected chi connectivity index (χ3v) is 5.61. The van der Waals surface area contributed by atoms with Crippen molar-refractivity contribution in [2.45, 2.75) is 31.3 Å². The lowest BCUT2D eigenvalue weighted by atomic mass is 10.1. The summed E-state index contributed by atoms with van der Waals surface area (Å²) in [6.07, 6.45) is 0. The van der Waals surface area contributed by atoms with Crippen LogP contribution < -0.4 is 5.32 Å². The van der Waals surface area contributed by atoms with Crippen molar-refractivity contribution in [2.24, 2.45) is 0 Å². The fourth-order valence-electron chi connectivity index (χ4n) is 2.47. The highest BCUT2D eigenvalue weighted by Gasteiger charge is 2.26. The Hall–Kier alpha value is -1.69. The molecule has 0 aliphatic heterocycles. The fraction of sp³-hybridized carbons (Fsp3) is 0.300. The number of thioether (sulfide) groups is 1. The van der Waals surface area contributed by atoms with Crippen LogP contribution in [0.25, 0.3) is 0 Å². The van der Waals surface area contributed by atoms with E-state index in [0.717, 1.165) is 10.5 Å². The zero-order valence-electron chi connectivity index (χ0n) is 15.2. The van der Waals surface area contributed by atoms with Crippen LogP contribution in [0.2, 0.25) is 10.0 Å². The zero-order valence-corrected chi connectivity index (χ0v) is 17.6. The lowest BCUT2D eigenvalue weighted by Crippen LogP contribution is -2.48. The maximum atomic E-state index is 12.9. The highest BCUT2D eigenvalue weighted by molar-refractivity contribution is 8.00. The summed E-state index contributed by atoms with van der Waals surface area (Å²) in [5.41, 5.74) is 0.806. The van der Waals surface area contributed by atoms with E-state index in [-0.39, 0.29) is 24.1 Å². The summed E-state index contributed by atoms with van der Waals surface area (Å²) >= 11 is 13.6. The largest absolute Gasteiger partial charge is 0.355 e. The summed E-state index contributed by atoms with van der Waals surface area (Å²) < 4.78 is 0. The van der Waals surface area contributed by atoms with E-state index in [2.05, 4.69) is 5.32 Å². The van der Waals surface area contributed by atoms with Crippen molar-refractivity contribution in [1.82, 2.24) is 10.2 Å². The summed E-state index contributed by atoms with van der Waals surface area (Å²) in [6.45, 7) is 4.36. The second-order valence-corrected chi connectivity index (χ2v) is 7.82. The average molecular weight is 425 g/mol. The van der Waals surface area contributed by atoms with Gasteiger partial charge < -0.3 is 10.2 Å². The number of nitrogens with zero attached hydrogens (tertiary/aromatic N) is 1. The first-order valence-electron chi connectivity index (χ1n) is 8.61. The van der Waals surface area contributed by atoms with Gasteiger partial charge in [0, 0.05) is 28.0 Å². The van der Waals surface area contributed by atoms with Crippen molar-refractivity contribution in [2.75, 3.05) is 12.3 Å². The fourth-order valence-corrected chi connectivity index (χ4v) is 3.58. The SMILES string of the molecule is CCNC(=O)[C@H](C)N(Cc1ccccc1Cl)C(=O)CSc1ccc(Cl)cc1. The van der Waals surface area contributed by atoms with Crippen molar-refractivity contribution >= 4 is 46.8 Å². The highest BCUT2D eigenvalue weighted by atomic mass is 35.5. The zero-order chi connectivity index (χ0) is 19.8. The number of halogens is 2. The van der Waals surface area contributed by atoms with E-state index >= 15 is 0 Å². The molecule has 2 rings (SSSR count). The molecule has 2 aromatic rings. The van der Waals surface area contributed by atoms with Gasteiger partial charge in [-0.3, -0.25) is 9.59 Å². The minimum absolute atomic E-state index is 0.131. The van der Waals surface area contributed by atoms with E-state index in [1.807, 2.05) is 37.3 Å². The molecule has 0 fully saturated rings. The second kappa shape index (κ2) is 10.6. The Morgan fingerprint density at radius 1 is 1.11 bits per heavy atom. The molecule has 0 bridgehead atoms. The molecular formula is C20H22Cl2N2O2S. The standard InChI is InChI=1S/C20H22Cl2N2O2S/c1-3-23-20(26)14(2)24(12-15-6-4-5-7-18(15)22)19(25)13-27-17-10-8-16(21)9-11-17/h4-11,14H,3,12-13H2,1-2H3,(H,23,26)/t14-/m0/s1. The van der Waals surface area contributed by atoms with Gasteiger partial charge in [0.15, 0.2) is 0 Å². The molecule has 2 amide bonds. The highest BCUT2D eigenvalue weighted by Crippen LogP contribution is 2.23. The summed E-state index contributed by atoms with van der Waals surface area (Å²) in [7, 11) is 0. The number of hydrogen-bond donors (Lipinski definition) is 1. The minimum Gasteiger partial charge on any atom is -0.355 e. The normalized spacial score (nSPS) is 11.7. The van der Waals surface area contributed by atoms with Gasteiger partial charge in [-0.1, -0.05) is 41.4 Å². The van der Waals surface area contributed by atoms with Gasteiger partial charge >= 0.3 is 0 Å². The number of carbonyl (C=O) groups is 2. The predicted octanol–water partition coefficient (Wildman–Crippen LogP) is 4.64. The Labute approximate surface area is 174 Å². The van der Waals surface area contributed by atoms with E-state index in [9.17, 15) is 9.59 Å². The number of carbonyl (C=O) groups excluding carboxylic acids is 2. The number of amides is 2. The molecule has 0 saturated carbocycles. The molecule has 0 radical (unpaired) electrons. The van der Waals surface area contributed by atoms with Crippen LogP contribution in [0.4, 0.5) is 0 Å². The van der Waals surface area contributed by atoms with Gasteiger partial charge in [0.2, 0.25) is 11.8 Å². The van der Waals surface area contributed by atoms with Gasteiger partial charge in [0.05, 0.1) is 5.75 Å². The van der Waals surface area contributed by atoms with Crippen LogP contribution in [0.5, 0.6) is 0 Å². The third-order valence-electron chi connectivity index (χ3n) is 3.99. The Morgan fingerprint density at radius 2 is 1.78 bits per heavy atom. The molecule has 0 spiro atoms. The quantitative estimate of drug-likeness (QED) is 0.627. The second-order valence-electron chi connectivity index (χ2n) is 5.93. The summed E-state index contributed by atoms with van der Waals surface area (Å²) in [4.78, 5) is 27.7. The van der Waals surface area contributed by atoms with Crippen molar-refractivity contribution in [3.05, 3.63) is 64.1 Å². The van der Waals surface area contributed by atoms with E-state index in [0.29, 0.717) is 16.6 Å². The summed E-state index contributed by atoms with van der Waals surface area (Å²) in [5.74, 6) is -0.0986. The predicted molar refractivity (Wildman–Crippen MR) is 112 cm³/mol. The van der Waals surface area contributed by atoms with Crippen LogP contribution in [0, 0.1) is 0 Å². The molecule has 1 N–H and O–H groups in total. The van der Waals surface area contributed by atoms with Crippen LogP contribution in [0.15, 0.2) is 53.4 Å². The molecule has 144 valence electrons. The van der Waals surface area contributed by atoms with Gasteiger partial charge in [-0.15, -0.1) is 11.8 Å². The molecule has 2 aromatic carbocycles. The molecular weight excluding hydrogens is 403 g/mol. The first kappa shape index (κ1) is 21.6. The molecule has 4 nitrogen and oxygen atoms in total.